The molecule has 0 spiro atoms. The zero-order valence-electron chi connectivity index (χ0n) is 9.30. The van der Waals surface area contributed by atoms with Crippen molar-refractivity contribution in [2.75, 3.05) is 0 Å². The number of rotatable bonds is 3. The number of hydrogen-bond acceptors (Lipinski definition) is 1. The van der Waals surface area contributed by atoms with E-state index in [9.17, 15) is 0 Å². The van der Waals surface area contributed by atoms with Crippen LogP contribution in [0.15, 0.2) is 18.2 Å². The average Bonchev–Trinajstić information content (AvgIpc) is 2.81. The predicted octanol–water partition coefficient (Wildman–Crippen LogP) is 2.80. The fourth-order valence-corrected chi connectivity index (χ4v) is 1.97. The van der Waals surface area contributed by atoms with E-state index in [4.69, 9.17) is 0 Å². The molecule has 0 heterocycles. The van der Waals surface area contributed by atoms with Gasteiger partial charge in [0, 0.05) is 12.6 Å². The first-order valence-electron chi connectivity index (χ1n) is 5.47. The smallest absolute Gasteiger partial charge is 0.0213 e. The van der Waals surface area contributed by atoms with Gasteiger partial charge in [0.2, 0.25) is 0 Å². The molecule has 2 atom stereocenters. The Morgan fingerprint density at radius 1 is 1.29 bits per heavy atom. The minimum atomic E-state index is 0.772. The highest BCUT2D eigenvalue weighted by atomic mass is 15.0. The van der Waals surface area contributed by atoms with E-state index in [0.29, 0.717) is 0 Å². The molecule has 2 rings (SSSR count). The average molecular weight is 189 g/mol. The Morgan fingerprint density at radius 2 is 1.86 bits per heavy atom. The lowest BCUT2D eigenvalue weighted by Crippen LogP contribution is -2.18. The lowest BCUT2D eigenvalue weighted by Gasteiger charge is -2.10. The van der Waals surface area contributed by atoms with E-state index in [-0.39, 0.29) is 0 Å². The molecular formula is C13H19N. The molecule has 14 heavy (non-hydrogen) atoms. The zero-order chi connectivity index (χ0) is 10.1. The molecule has 0 radical (unpaired) electrons. The van der Waals surface area contributed by atoms with E-state index in [1.54, 1.807) is 0 Å². The van der Waals surface area contributed by atoms with E-state index in [1.165, 1.54) is 23.1 Å². The van der Waals surface area contributed by atoms with Gasteiger partial charge >= 0.3 is 0 Å². The molecule has 0 saturated heterocycles. The van der Waals surface area contributed by atoms with Gasteiger partial charge in [-0.15, -0.1) is 0 Å². The lowest BCUT2D eigenvalue weighted by molar-refractivity contribution is 0.648. The Morgan fingerprint density at radius 3 is 2.36 bits per heavy atom. The third kappa shape index (κ3) is 1.98. The van der Waals surface area contributed by atoms with Crippen LogP contribution in [0.3, 0.4) is 0 Å². The molecule has 0 unspecified atom stereocenters. The standard InChI is InChI=1S/C13H19N/c1-9-5-4-6-10(2)12(9)8-14-13-7-11(13)3/h4-6,11,13-14H,7-8H2,1-3H3/t11-,13-/m1/s1. The summed E-state index contributed by atoms with van der Waals surface area (Å²) in [4.78, 5) is 0. The summed E-state index contributed by atoms with van der Waals surface area (Å²) >= 11 is 0. The van der Waals surface area contributed by atoms with Crippen molar-refractivity contribution in [2.24, 2.45) is 5.92 Å². The summed E-state index contributed by atoms with van der Waals surface area (Å²) in [5.41, 5.74) is 4.29. The minimum absolute atomic E-state index is 0.772. The summed E-state index contributed by atoms with van der Waals surface area (Å²) in [7, 11) is 0. The van der Waals surface area contributed by atoms with Crippen molar-refractivity contribution in [3.05, 3.63) is 34.9 Å². The van der Waals surface area contributed by atoms with Crippen LogP contribution in [0.5, 0.6) is 0 Å². The summed E-state index contributed by atoms with van der Waals surface area (Å²) in [5.74, 6) is 0.888. The van der Waals surface area contributed by atoms with Gasteiger partial charge in [-0.3, -0.25) is 0 Å². The van der Waals surface area contributed by atoms with Crippen molar-refractivity contribution in [1.82, 2.24) is 5.32 Å². The van der Waals surface area contributed by atoms with Crippen molar-refractivity contribution >= 4 is 0 Å². The molecule has 1 heteroatoms. The van der Waals surface area contributed by atoms with Gasteiger partial charge in [-0.05, 0) is 42.9 Å². The third-order valence-electron chi connectivity index (χ3n) is 3.29. The summed E-state index contributed by atoms with van der Waals surface area (Å²) in [6.45, 7) is 7.73. The maximum absolute atomic E-state index is 3.60. The molecule has 0 aromatic heterocycles. The second-order valence-corrected chi connectivity index (χ2v) is 4.57. The molecule has 0 amide bonds. The van der Waals surface area contributed by atoms with Crippen LogP contribution < -0.4 is 5.32 Å². The van der Waals surface area contributed by atoms with Crippen LogP contribution in [0.4, 0.5) is 0 Å². The lowest BCUT2D eigenvalue weighted by atomic mass is 10.0. The van der Waals surface area contributed by atoms with Crippen LogP contribution in [0.1, 0.15) is 30.0 Å². The van der Waals surface area contributed by atoms with Crippen LogP contribution in [-0.4, -0.2) is 6.04 Å². The van der Waals surface area contributed by atoms with Crippen LogP contribution in [0.2, 0.25) is 0 Å². The molecule has 1 aliphatic rings. The highest BCUT2D eigenvalue weighted by Crippen LogP contribution is 2.29. The normalized spacial score (nSPS) is 25.1. The van der Waals surface area contributed by atoms with E-state index in [1.807, 2.05) is 0 Å². The quantitative estimate of drug-likeness (QED) is 0.771. The van der Waals surface area contributed by atoms with E-state index in [2.05, 4.69) is 44.3 Å². The van der Waals surface area contributed by atoms with Gasteiger partial charge in [0.25, 0.3) is 0 Å². The molecule has 1 aromatic rings. The molecule has 1 aliphatic carbocycles. The topological polar surface area (TPSA) is 12.0 Å². The largest absolute Gasteiger partial charge is 0.310 e. The Balaban J connectivity index is 2.01. The van der Waals surface area contributed by atoms with Crippen LogP contribution in [-0.2, 0) is 6.54 Å². The van der Waals surface area contributed by atoms with Crippen molar-refractivity contribution in [2.45, 2.75) is 39.8 Å². The molecule has 1 saturated carbocycles. The highest BCUT2D eigenvalue weighted by molar-refractivity contribution is 5.33. The summed E-state index contributed by atoms with van der Waals surface area (Å²) < 4.78 is 0. The van der Waals surface area contributed by atoms with Crippen LogP contribution in [0.25, 0.3) is 0 Å². The maximum atomic E-state index is 3.60. The minimum Gasteiger partial charge on any atom is -0.310 e. The van der Waals surface area contributed by atoms with Gasteiger partial charge in [0.15, 0.2) is 0 Å². The molecule has 1 nitrogen and oxygen atoms in total. The Labute approximate surface area is 86.5 Å². The fraction of sp³-hybridized carbons (Fsp3) is 0.538. The zero-order valence-corrected chi connectivity index (χ0v) is 9.30. The van der Waals surface area contributed by atoms with Crippen molar-refractivity contribution in [3.63, 3.8) is 0 Å². The summed E-state index contributed by atoms with van der Waals surface area (Å²) in [5, 5.41) is 3.60. The fourth-order valence-electron chi connectivity index (χ4n) is 1.97. The van der Waals surface area contributed by atoms with Gasteiger partial charge in [-0.1, -0.05) is 25.1 Å². The Kier molecular flexibility index (Phi) is 2.60. The van der Waals surface area contributed by atoms with E-state index in [0.717, 1.165) is 18.5 Å². The second kappa shape index (κ2) is 3.74. The van der Waals surface area contributed by atoms with E-state index < -0.39 is 0 Å². The number of nitrogens with one attached hydrogen (secondary N) is 1. The van der Waals surface area contributed by atoms with Gasteiger partial charge in [0.1, 0.15) is 0 Å². The molecule has 1 fully saturated rings. The molecule has 0 aliphatic heterocycles. The molecular weight excluding hydrogens is 170 g/mol. The predicted molar refractivity (Wildman–Crippen MR) is 60.3 cm³/mol. The molecule has 0 bridgehead atoms. The van der Waals surface area contributed by atoms with Gasteiger partial charge in [-0.2, -0.15) is 0 Å². The third-order valence-corrected chi connectivity index (χ3v) is 3.29. The van der Waals surface area contributed by atoms with Gasteiger partial charge < -0.3 is 5.32 Å². The first kappa shape index (κ1) is 9.72. The maximum Gasteiger partial charge on any atom is 0.0213 e. The van der Waals surface area contributed by atoms with Crippen molar-refractivity contribution in [3.8, 4) is 0 Å². The van der Waals surface area contributed by atoms with Crippen LogP contribution >= 0.6 is 0 Å². The molecule has 1 N–H and O–H groups in total. The summed E-state index contributed by atoms with van der Waals surface area (Å²) in [6.07, 6.45) is 1.35. The van der Waals surface area contributed by atoms with Gasteiger partial charge in [0.05, 0.1) is 0 Å². The SMILES string of the molecule is Cc1cccc(C)c1CN[C@@H]1C[C@H]1C. The summed E-state index contributed by atoms with van der Waals surface area (Å²) in [6, 6.07) is 7.29. The Hall–Kier alpha value is -0.820. The van der Waals surface area contributed by atoms with Crippen molar-refractivity contribution < 1.29 is 0 Å². The van der Waals surface area contributed by atoms with Crippen molar-refractivity contribution in [1.29, 1.82) is 0 Å². The molecule has 76 valence electrons. The highest BCUT2D eigenvalue weighted by Gasteiger charge is 2.31. The van der Waals surface area contributed by atoms with E-state index >= 15 is 0 Å². The monoisotopic (exact) mass is 189 g/mol. The Bertz CT molecular complexity index is 310. The first-order chi connectivity index (χ1) is 6.68. The first-order valence-corrected chi connectivity index (χ1v) is 5.47. The number of hydrogen-bond donors (Lipinski definition) is 1. The molecule has 1 aromatic carbocycles. The number of benzene rings is 1. The number of aryl methyl sites for hydroxylation is 2. The second-order valence-electron chi connectivity index (χ2n) is 4.57. The van der Waals surface area contributed by atoms with Crippen LogP contribution in [0, 0.1) is 19.8 Å². The van der Waals surface area contributed by atoms with Gasteiger partial charge in [-0.25, -0.2) is 0 Å².